The first kappa shape index (κ1) is 24.1. The highest BCUT2D eigenvalue weighted by Crippen LogP contribution is 2.33. The molecule has 3 rings (SSSR count). The lowest BCUT2D eigenvalue weighted by atomic mass is 10.1. The van der Waals surface area contributed by atoms with Gasteiger partial charge in [-0.3, -0.25) is 4.79 Å². The molecule has 0 spiro atoms. The van der Waals surface area contributed by atoms with Crippen molar-refractivity contribution >= 4 is 35.2 Å². The highest BCUT2D eigenvalue weighted by atomic mass is 35.5. The lowest BCUT2D eigenvalue weighted by Crippen LogP contribution is -2.21. The zero-order valence-corrected chi connectivity index (χ0v) is 17.1. The average molecular weight is 487 g/mol. The molecule has 2 aromatic carbocycles. The number of rotatable bonds is 5. The van der Waals surface area contributed by atoms with Crippen molar-refractivity contribution in [3.05, 3.63) is 88.1 Å². The van der Waals surface area contributed by atoms with Gasteiger partial charge in [-0.25, -0.2) is 10.4 Å². The van der Waals surface area contributed by atoms with Crippen LogP contribution in [-0.4, -0.2) is 17.1 Å². The number of hydrazone groups is 1. The second kappa shape index (κ2) is 9.49. The van der Waals surface area contributed by atoms with E-state index in [2.05, 4.69) is 20.8 Å². The van der Waals surface area contributed by atoms with Gasteiger partial charge >= 0.3 is 12.4 Å². The third-order valence-corrected chi connectivity index (χ3v) is 4.50. The van der Waals surface area contributed by atoms with Gasteiger partial charge in [-0.05, 0) is 36.4 Å². The highest BCUT2D eigenvalue weighted by molar-refractivity contribution is 6.33. The van der Waals surface area contributed by atoms with Crippen LogP contribution in [0.3, 0.4) is 0 Å². The number of anilines is 2. The van der Waals surface area contributed by atoms with Crippen LogP contribution in [0.4, 0.5) is 37.8 Å². The number of hydrogen-bond acceptors (Lipinski definition) is 4. The topological polar surface area (TPSA) is 66.4 Å². The molecule has 172 valence electrons. The summed E-state index contributed by atoms with van der Waals surface area (Å²) in [5, 5.41) is 6.41. The number of nitrogens with zero attached hydrogens (tertiary/aromatic N) is 2. The second-order valence-electron chi connectivity index (χ2n) is 6.51. The number of amides is 1. The van der Waals surface area contributed by atoms with Gasteiger partial charge in [-0.1, -0.05) is 35.9 Å². The largest absolute Gasteiger partial charge is 0.433 e. The summed E-state index contributed by atoms with van der Waals surface area (Å²) in [6, 6.07) is 11.7. The van der Waals surface area contributed by atoms with E-state index in [9.17, 15) is 31.1 Å². The summed E-state index contributed by atoms with van der Waals surface area (Å²) in [7, 11) is 0. The number of pyridine rings is 1. The van der Waals surface area contributed by atoms with Crippen LogP contribution in [0.5, 0.6) is 0 Å². The molecule has 12 heteroatoms. The van der Waals surface area contributed by atoms with Gasteiger partial charge in [0, 0.05) is 16.3 Å². The molecule has 0 saturated heterocycles. The number of carbonyl (C=O) groups is 1. The van der Waals surface area contributed by atoms with Gasteiger partial charge in [-0.15, -0.1) is 0 Å². The van der Waals surface area contributed by atoms with E-state index in [1.54, 1.807) is 24.3 Å². The molecule has 0 radical (unpaired) electrons. The van der Waals surface area contributed by atoms with Crippen molar-refractivity contribution in [1.82, 2.24) is 10.4 Å². The second-order valence-corrected chi connectivity index (χ2v) is 6.92. The standard InChI is InChI=1S/C21H13ClF6N4O/c22-16-7-2-1-4-12(16)11-29-32-19(33)15-8-9-17(21(26,27)28)31-18(15)30-14-6-3-5-13(10-14)20(23,24)25/h1-11H,(H,30,31)(H,32,33)/b29-11+. The molecule has 1 heterocycles. The summed E-state index contributed by atoms with van der Waals surface area (Å²) in [4.78, 5) is 15.9. The van der Waals surface area contributed by atoms with Gasteiger partial charge in [0.25, 0.3) is 5.91 Å². The van der Waals surface area contributed by atoms with Crippen molar-refractivity contribution < 1.29 is 31.1 Å². The summed E-state index contributed by atoms with van der Waals surface area (Å²) in [5.41, 5.74) is -0.377. The van der Waals surface area contributed by atoms with Crippen molar-refractivity contribution in [2.75, 3.05) is 5.32 Å². The summed E-state index contributed by atoms with van der Waals surface area (Å²) in [6.45, 7) is 0. The molecule has 0 aliphatic heterocycles. The van der Waals surface area contributed by atoms with Gasteiger partial charge in [0.1, 0.15) is 11.5 Å². The van der Waals surface area contributed by atoms with Gasteiger partial charge < -0.3 is 5.32 Å². The Kier molecular flexibility index (Phi) is 6.92. The normalized spacial score (nSPS) is 12.1. The molecular formula is C21H13ClF6N4O. The summed E-state index contributed by atoms with van der Waals surface area (Å²) >= 11 is 5.97. The number of nitrogens with one attached hydrogen (secondary N) is 2. The third kappa shape index (κ3) is 6.22. The van der Waals surface area contributed by atoms with Crippen molar-refractivity contribution in [3.8, 4) is 0 Å². The van der Waals surface area contributed by atoms with Crippen LogP contribution in [0.15, 0.2) is 65.8 Å². The van der Waals surface area contributed by atoms with E-state index < -0.39 is 35.3 Å². The molecule has 0 aliphatic rings. The number of aromatic nitrogens is 1. The monoisotopic (exact) mass is 486 g/mol. The van der Waals surface area contributed by atoms with E-state index in [4.69, 9.17) is 11.6 Å². The molecule has 5 nitrogen and oxygen atoms in total. The molecule has 33 heavy (non-hydrogen) atoms. The molecule has 2 N–H and O–H groups in total. The number of carbonyl (C=O) groups excluding carboxylic acids is 1. The highest BCUT2D eigenvalue weighted by Gasteiger charge is 2.34. The molecule has 0 saturated carbocycles. The Bertz CT molecular complexity index is 1190. The van der Waals surface area contributed by atoms with Crippen LogP contribution in [0.25, 0.3) is 0 Å². The maximum atomic E-state index is 13.1. The quantitative estimate of drug-likeness (QED) is 0.253. The lowest BCUT2D eigenvalue weighted by molar-refractivity contribution is -0.141. The van der Waals surface area contributed by atoms with E-state index >= 15 is 0 Å². The molecular weight excluding hydrogens is 474 g/mol. The predicted molar refractivity (Wildman–Crippen MR) is 110 cm³/mol. The number of halogens is 7. The average Bonchev–Trinajstić information content (AvgIpc) is 2.74. The van der Waals surface area contributed by atoms with E-state index in [1.807, 2.05) is 0 Å². The molecule has 0 bridgehead atoms. The fourth-order valence-corrected chi connectivity index (χ4v) is 2.79. The van der Waals surface area contributed by atoms with Gasteiger partial charge in [-0.2, -0.15) is 31.4 Å². The minimum Gasteiger partial charge on any atom is -0.340 e. The minimum absolute atomic E-state index is 0.217. The van der Waals surface area contributed by atoms with Crippen LogP contribution in [0.2, 0.25) is 5.02 Å². The maximum absolute atomic E-state index is 13.1. The summed E-state index contributed by atoms with van der Waals surface area (Å²) < 4.78 is 78.2. The first-order valence-electron chi connectivity index (χ1n) is 9.05. The number of alkyl halides is 6. The Morgan fingerprint density at radius 2 is 1.67 bits per heavy atom. The van der Waals surface area contributed by atoms with Gasteiger partial charge in [0.15, 0.2) is 0 Å². The SMILES string of the molecule is O=C(N/N=C/c1ccccc1Cl)c1ccc(C(F)(F)F)nc1Nc1cccc(C(F)(F)F)c1. The smallest absolute Gasteiger partial charge is 0.340 e. The van der Waals surface area contributed by atoms with Crippen LogP contribution >= 0.6 is 11.6 Å². The van der Waals surface area contributed by atoms with Crippen LogP contribution in [-0.2, 0) is 12.4 Å². The van der Waals surface area contributed by atoms with Gasteiger partial charge in [0.05, 0.1) is 17.3 Å². The van der Waals surface area contributed by atoms with E-state index in [-0.39, 0.29) is 11.3 Å². The zero-order chi connectivity index (χ0) is 24.2. The molecule has 0 fully saturated rings. The summed E-state index contributed by atoms with van der Waals surface area (Å²) in [5.74, 6) is -1.55. The molecule has 1 aromatic heterocycles. The van der Waals surface area contributed by atoms with Crippen molar-refractivity contribution in [1.29, 1.82) is 0 Å². The fourth-order valence-electron chi connectivity index (χ4n) is 2.61. The van der Waals surface area contributed by atoms with Crippen molar-refractivity contribution in [2.45, 2.75) is 12.4 Å². The minimum atomic E-state index is -4.85. The van der Waals surface area contributed by atoms with E-state index in [0.717, 1.165) is 18.2 Å². The summed E-state index contributed by atoms with van der Waals surface area (Å²) in [6.07, 6.45) is -8.30. The zero-order valence-electron chi connectivity index (χ0n) is 16.3. The third-order valence-electron chi connectivity index (χ3n) is 4.16. The van der Waals surface area contributed by atoms with Crippen molar-refractivity contribution in [2.24, 2.45) is 5.10 Å². The first-order valence-corrected chi connectivity index (χ1v) is 9.43. The maximum Gasteiger partial charge on any atom is 0.433 e. The Hall–Kier alpha value is -3.60. The molecule has 1 amide bonds. The molecule has 3 aromatic rings. The molecule has 0 atom stereocenters. The van der Waals surface area contributed by atoms with E-state index in [1.165, 1.54) is 12.3 Å². The predicted octanol–water partition coefficient (Wildman–Crippen LogP) is 6.28. The Morgan fingerprint density at radius 1 is 0.939 bits per heavy atom. The lowest BCUT2D eigenvalue weighted by Gasteiger charge is -2.14. The van der Waals surface area contributed by atoms with Crippen LogP contribution in [0.1, 0.15) is 27.2 Å². The molecule has 0 aliphatic carbocycles. The van der Waals surface area contributed by atoms with Gasteiger partial charge in [0.2, 0.25) is 0 Å². The van der Waals surface area contributed by atoms with Crippen LogP contribution in [0, 0.1) is 0 Å². The first-order chi connectivity index (χ1) is 15.4. The fraction of sp³-hybridized carbons (Fsp3) is 0.0952. The van der Waals surface area contributed by atoms with Crippen LogP contribution < -0.4 is 10.7 Å². The van der Waals surface area contributed by atoms with Crippen molar-refractivity contribution in [3.63, 3.8) is 0 Å². The number of benzene rings is 2. The Balaban J connectivity index is 1.91. The van der Waals surface area contributed by atoms with E-state index in [0.29, 0.717) is 22.7 Å². The number of hydrogen-bond donors (Lipinski definition) is 2. The Morgan fingerprint density at radius 3 is 2.33 bits per heavy atom. The Labute approximate surface area is 188 Å². The molecule has 0 unspecified atom stereocenters.